The highest BCUT2D eigenvalue weighted by molar-refractivity contribution is 8.18. The molecule has 1 aliphatic rings. The van der Waals surface area contributed by atoms with Gasteiger partial charge < -0.3 is 10.5 Å². The molecule has 23 heavy (non-hydrogen) atoms. The lowest BCUT2D eigenvalue weighted by Crippen LogP contribution is -2.07. The molecule has 5 nitrogen and oxygen atoms in total. The summed E-state index contributed by atoms with van der Waals surface area (Å²) in [5, 5.41) is 0.245. The van der Waals surface area contributed by atoms with Crippen molar-refractivity contribution in [2.75, 3.05) is 0 Å². The topological polar surface area (TPSA) is 81.8 Å². The number of nitrogens with two attached hydrogens (primary N) is 1. The number of aliphatic imine (C=N–C) groups is 1. The Morgan fingerprint density at radius 1 is 1.09 bits per heavy atom. The lowest BCUT2D eigenvalue weighted by atomic mass is 10.2. The van der Waals surface area contributed by atoms with Crippen LogP contribution in [0.4, 0.5) is 0 Å². The van der Waals surface area contributed by atoms with E-state index >= 15 is 0 Å². The van der Waals surface area contributed by atoms with Crippen LogP contribution >= 0.6 is 11.8 Å². The van der Waals surface area contributed by atoms with Gasteiger partial charge in [-0.25, -0.2) is 4.79 Å². The Hall–Kier alpha value is -2.86. The average molecular weight is 324 g/mol. The van der Waals surface area contributed by atoms with Crippen molar-refractivity contribution in [1.82, 2.24) is 0 Å². The van der Waals surface area contributed by atoms with Gasteiger partial charge >= 0.3 is 5.97 Å². The van der Waals surface area contributed by atoms with Gasteiger partial charge in [-0.05, 0) is 47.7 Å². The fraction of sp³-hybridized carbons (Fsp3) is 0. The molecular formula is C17H12N2O3S. The van der Waals surface area contributed by atoms with Crippen LogP contribution in [-0.4, -0.2) is 17.0 Å². The van der Waals surface area contributed by atoms with Crippen LogP contribution in [0, 0.1) is 0 Å². The SMILES string of the molecule is NC1=NC(=O)/C(=C\c2ccc(OC(=O)c3ccccc3)cc2)S1. The third-order valence-electron chi connectivity index (χ3n) is 3.03. The number of benzene rings is 2. The van der Waals surface area contributed by atoms with E-state index in [-0.39, 0.29) is 11.1 Å². The summed E-state index contributed by atoms with van der Waals surface area (Å²) in [5.41, 5.74) is 6.78. The number of amides is 1. The van der Waals surface area contributed by atoms with Crippen LogP contribution < -0.4 is 10.5 Å². The molecule has 3 rings (SSSR count). The highest BCUT2D eigenvalue weighted by atomic mass is 32.2. The summed E-state index contributed by atoms with van der Waals surface area (Å²) in [6, 6.07) is 15.6. The summed E-state index contributed by atoms with van der Waals surface area (Å²) in [6.07, 6.45) is 1.69. The molecule has 2 aromatic carbocycles. The van der Waals surface area contributed by atoms with Crippen molar-refractivity contribution in [2.24, 2.45) is 10.7 Å². The summed E-state index contributed by atoms with van der Waals surface area (Å²) < 4.78 is 5.29. The van der Waals surface area contributed by atoms with Gasteiger partial charge in [-0.3, -0.25) is 4.79 Å². The molecule has 1 amide bonds. The number of carbonyl (C=O) groups is 2. The Morgan fingerprint density at radius 2 is 1.78 bits per heavy atom. The molecule has 114 valence electrons. The molecule has 1 heterocycles. The third-order valence-corrected chi connectivity index (χ3v) is 3.85. The molecule has 6 heteroatoms. The lowest BCUT2D eigenvalue weighted by Gasteiger charge is -2.04. The normalized spacial score (nSPS) is 15.6. The molecular weight excluding hydrogens is 312 g/mol. The van der Waals surface area contributed by atoms with Gasteiger partial charge in [-0.15, -0.1) is 0 Å². The maximum absolute atomic E-state index is 11.9. The first-order chi connectivity index (χ1) is 11.1. The van der Waals surface area contributed by atoms with Crippen molar-refractivity contribution >= 4 is 34.9 Å². The van der Waals surface area contributed by atoms with Gasteiger partial charge in [-0.1, -0.05) is 30.3 Å². The molecule has 0 fully saturated rings. The Bertz CT molecular complexity index is 811. The van der Waals surface area contributed by atoms with Crippen molar-refractivity contribution in [3.8, 4) is 5.75 Å². The Kier molecular flexibility index (Phi) is 4.25. The quantitative estimate of drug-likeness (QED) is 0.533. The fourth-order valence-corrected chi connectivity index (χ4v) is 2.63. The lowest BCUT2D eigenvalue weighted by molar-refractivity contribution is -0.113. The molecule has 1 aliphatic heterocycles. The van der Waals surface area contributed by atoms with Crippen LogP contribution in [0.3, 0.4) is 0 Å². The van der Waals surface area contributed by atoms with E-state index < -0.39 is 5.97 Å². The Balaban J connectivity index is 1.70. The molecule has 0 radical (unpaired) electrons. The van der Waals surface area contributed by atoms with Crippen molar-refractivity contribution in [3.05, 3.63) is 70.6 Å². The standard InChI is InChI=1S/C17H12N2O3S/c18-17-19-15(20)14(23-17)10-11-6-8-13(9-7-11)22-16(21)12-4-2-1-3-5-12/h1-10H,(H2,18,19,20)/b14-10+. The number of hydrogen-bond acceptors (Lipinski definition) is 5. The predicted molar refractivity (Wildman–Crippen MR) is 90.0 cm³/mol. The van der Waals surface area contributed by atoms with Gasteiger partial charge in [-0.2, -0.15) is 4.99 Å². The van der Waals surface area contributed by atoms with Gasteiger partial charge in [0.2, 0.25) is 0 Å². The number of nitrogens with zero attached hydrogens (tertiary/aromatic N) is 1. The second kappa shape index (κ2) is 6.50. The summed E-state index contributed by atoms with van der Waals surface area (Å²) in [5.74, 6) is -0.325. The van der Waals surface area contributed by atoms with Gasteiger partial charge in [0.1, 0.15) is 5.75 Å². The number of ether oxygens (including phenoxy) is 1. The molecule has 0 aliphatic carbocycles. The maximum atomic E-state index is 11.9. The van der Waals surface area contributed by atoms with Crippen molar-refractivity contribution in [1.29, 1.82) is 0 Å². The maximum Gasteiger partial charge on any atom is 0.343 e. The first-order valence-electron chi connectivity index (χ1n) is 6.77. The van der Waals surface area contributed by atoms with Crippen LogP contribution in [-0.2, 0) is 4.79 Å². The summed E-state index contributed by atoms with van der Waals surface area (Å²) in [4.78, 5) is 27.6. The minimum absolute atomic E-state index is 0.245. The largest absolute Gasteiger partial charge is 0.423 e. The van der Waals surface area contributed by atoms with E-state index in [1.807, 2.05) is 6.07 Å². The number of thioether (sulfide) groups is 1. The molecule has 2 N–H and O–H groups in total. The molecule has 0 spiro atoms. The van der Waals surface area contributed by atoms with Crippen LogP contribution in [0.1, 0.15) is 15.9 Å². The third kappa shape index (κ3) is 3.67. The van der Waals surface area contributed by atoms with E-state index in [1.165, 1.54) is 0 Å². The van der Waals surface area contributed by atoms with Gasteiger partial charge in [0.25, 0.3) is 5.91 Å². The predicted octanol–water partition coefficient (Wildman–Crippen LogP) is 2.83. The number of hydrogen-bond donors (Lipinski definition) is 1. The van der Waals surface area contributed by atoms with Crippen LogP contribution in [0.25, 0.3) is 6.08 Å². The average Bonchev–Trinajstić information content (AvgIpc) is 2.87. The summed E-state index contributed by atoms with van der Waals surface area (Å²) >= 11 is 1.13. The smallest absolute Gasteiger partial charge is 0.343 e. The number of esters is 1. The van der Waals surface area contributed by atoms with E-state index in [4.69, 9.17) is 10.5 Å². The second-order valence-corrected chi connectivity index (χ2v) is 5.75. The van der Waals surface area contributed by atoms with E-state index in [0.29, 0.717) is 16.2 Å². The number of rotatable bonds is 3. The molecule has 0 saturated carbocycles. The van der Waals surface area contributed by atoms with Crippen molar-refractivity contribution < 1.29 is 14.3 Å². The molecule has 2 aromatic rings. The first kappa shape index (κ1) is 15.1. The highest BCUT2D eigenvalue weighted by Crippen LogP contribution is 2.26. The summed E-state index contributed by atoms with van der Waals surface area (Å²) in [6.45, 7) is 0. The van der Waals surface area contributed by atoms with E-state index in [9.17, 15) is 9.59 Å². The molecule has 0 atom stereocenters. The zero-order chi connectivity index (χ0) is 16.2. The highest BCUT2D eigenvalue weighted by Gasteiger charge is 2.19. The minimum Gasteiger partial charge on any atom is -0.423 e. The monoisotopic (exact) mass is 324 g/mol. The van der Waals surface area contributed by atoms with Gasteiger partial charge in [0, 0.05) is 0 Å². The van der Waals surface area contributed by atoms with Crippen LogP contribution in [0.5, 0.6) is 5.75 Å². The zero-order valence-electron chi connectivity index (χ0n) is 11.9. The second-order valence-electron chi connectivity index (χ2n) is 4.69. The van der Waals surface area contributed by atoms with Gasteiger partial charge in [0.05, 0.1) is 10.5 Å². The van der Waals surface area contributed by atoms with Crippen molar-refractivity contribution in [2.45, 2.75) is 0 Å². The zero-order valence-corrected chi connectivity index (χ0v) is 12.7. The molecule has 0 saturated heterocycles. The van der Waals surface area contributed by atoms with E-state index in [0.717, 1.165) is 17.3 Å². The summed E-state index contributed by atoms with van der Waals surface area (Å²) in [7, 11) is 0. The van der Waals surface area contributed by atoms with Crippen LogP contribution in [0.2, 0.25) is 0 Å². The first-order valence-corrected chi connectivity index (χ1v) is 7.59. The fourth-order valence-electron chi connectivity index (χ4n) is 1.95. The molecule has 0 aromatic heterocycles. The number of amidine groups is 1. The van der Waals surface area contributed by atoms with Crippen LogP contribution in [0.15, 0.2) is 64.5 Å². The molecule has 0 bridgehead atoms. The Morgan fingerprint density at radius 3 is 2.39 bits per heavy atom. The van der Waals surface area contributed by atoms with E-state index in [1.54, 1.807) is 54.6 Å². The van der Waals surface area contributed by atoms with E-state index in [2.05, 4.69) is 4.99 Å². The Labute approximate surface area is 136 Å². The van der Waals surface area contributed by atoms with Gasteiger partial charge in [0.15, 0.2) is 5.17 Å². The van der Waals surface area contributed by atoms with Crippen molar-refractivity contribution in [3.63, 3.8) is 0 Å². The number of carbonyl (C=O) groups excluding carboxylic acids is 2. The molecule has 0 unspecified atom stereocenters. The minimum atomic E-state index is -0.417.